The molecule has 0 radical (unpaired) electrons. The van der Waals surface area contributed by atoms with Crippen LogP contribution in [0.4, 0.5) is 0 Å². The predicted molar refractivity (Wildman–Crippen MR) is 63.0 cm³/mol. The molecule has 0 aromatic rings. The number of hydrogen-bond donors (Lipinski definition) is 0. The van der Waals surface area contributed by atoms with Crippen molar-refractivity contribution in [1.82, 2.24) is 0 Å². The Labute approximate surface area is 84.9 Å². The van der Waals surface area contributed by atoms with E-state index in [0.29, 0.717) is 5.31 Å². The van der Waals surface area contributed by atoms with E-state index in [9.17, 15) is 0 Å². The lowest BCUT2D eigenvalue weighted by molar-refractivity contribution is 0.401. The van der Waals surface area contributed by atoms with E-state index in [1.807, 2.05) is 0 Å². The molecule has 0 saturated heterocycles. The van der Waals surface area contributed by atoms with Crippen molar-refractivity contribution in [1.29, 1.82) is 0 Å². The van der Waals surface area contributed by atoms with E-state index in [4.69, 9.17) is 0 Å². The molecule has 13 heavy (non-hydrogen) atoms. The van der Waals surface area contributed by atoms with E-state index >= 15 is 0 Å². The molecule has 76 valence electrons. The number of hydrogen-bond acceptors (Lipinski definition) is 0. The fraction of sp³-hybridized carbons (Fsp3) is 1.00. The summed E-state index contributed by atoms with van der Waals surface area (Å²) in [5.41, 5.74) is 0. The van der Waals surface area contributed by atoms with Crippen LogP contribution >= 0.6 is 0 Å². The first-order valence-electron chi connectivity index (χ1n) is 6.16. The molecular formula is C12H25B. The monoisotopic (exact) mass is 180 g/mol. The molecule has 2 unspecified atom stereocenters. The van der Waals surface area contributed by atoms with Crippen LogP contribution in [0.25, 0.3) is 0 Å². The summed E-state index contributed by atoms with van der Waals surface area (Å²) in [5, 5.41) is 0.665. The molecule has 1 aliphatic rings. The zero-order valence-corrected chi connectivity index (χ0v) is 9.73. The van der Waals surface area contributed by atoms with Crippen LogP contribution in [-0.4, -0.2) is 7.85 Å². The predicted octanol–water partition coefficient (Wildman–Crippen LogP) is 3.57. The molecule has 0 aromatic carbocycles. The third-order valence-corrected chi connectivity index (χ3v) is 4.07. The molecule has 0 heterocycles. The third-order valence-electron chi connectivity index (χ3n) is 4.07. The van der Waals surface area contributed by atoms with Crippen LogP contribution in [0, 0.1) is 5.92 Å². The second kappa shape index (κ2) is 5.07. The Morgan fingerprint density at radius 1 is 1.15 bits per heavy atom. The average molecular weight is 180 g/mol. The summed E-state index contributed by atoms with van der Waals surface area (Å²) in [6.45, 7) is 4.80. The summed E-state index contributed by atoms with van der Waals surface area (Å²) in [7, 11) is 2.49. The lowest BCUT2D eigenvalue weighted by atomic mass is 9.61. The Morgan fingerprint density at radius 3 is 2.62 bits per heavy atom. The Hall–Kier alpha value is 0.0649. The van der Waals surface area contributed by atoms with Crippen molar-refractivity contribution in [2.75, 3.05) is 0 Å². The minimum absolute atomic E-state index is 0.665. The van der Waals surface area contributed by atoms with Crippen molar-refractivity contribution in [3.8, 4) is 0 Å². The quantitative estimate of drug-likeness (QED) is 0.541. The second-order valence-corrected chi connectivity index (χ2v) is 5.41. The average Bonchev–Trinajstić information content (AvgIpc) is 2.20. The Balaban J connectivity index is 2.46. The lowest BCUT2D eigenvalue weighted by Gasteiger charge is -2.28. The van der Waals surface area contributed by atoms with Crippen molar-refractivity contribution in [2.24, 2.45) is 5.92 Å². The SMILES string of the molecule is BC1(CC)CCCCCC(C)CC1. The summed E-state index contributed by atoms with van der Waals surface area (Å²) in [6.07, 6.45) is 11.7. The van der Waals surface area contributed by atoms with Gasteiger partial charge in [0.25, 0.3) is 0 Å². The maximum atomic E-state index is 2.49. The van der Waals surface area contributed by atoms with Gasteiger partial charge in [-0.1, -0.05) is 70.5 Å². The molecular weight excluding hydrogens is 155 g/mol. The van der Waals surface area contributed by atoms with Crippen molar-refractivity contribution in [3.05, 3.63) is 0 Å². The molecule has 2 atom stereocenters. The van der Waals surface area contributed by atoms with E-state index in [2.05, 4.69) is 21.7 Å². The molecule has 0 amide bonds. The van der Waals surface area contributed by atoms with Crippen molar-refractivity contribution < 1.29 is 0 Å². The standard InChI is InChI=1S/C12H25B/c1-3-12(13)9-6-4-5-7-11(2)8-10-12/h11H,3-10,13H2,1-2H3. The van der Waals surface area contributed by atoms with E-state index in [1.54, 1.807) is 0 Å². The smallest absolute Gasteiger partial charge is 0.0655 e. The van der Waals surface area contributed by atoms with Crippen molar-refractivity contribution in [3.63, 3.8) is 0 Å². The van der Waals surface area contributed by atoms with E-state index < -0.39 is 0 Å². The zero-order valence-electron chi connectivity index (χ0n) is 9.73. The summed E-state index contributed by atoms with van der Waals surface area (Å²) in [5.74, 6) is 0.976. The molecule has 1 aliphatic carbocycles. The van der Waals surface area contributed by atoms with Gasteiger partial charge in [-0.05, 0) is 5.92 Å². The first-order valence-corrected chi connectivity index (χ1v) is 6.16. The highest BCUT2D eigenvalue weighted by Crippen LogP contribution is 2.40. The molecule has 0 bridgehead atoms. The Kier molecular flexibility index (Phi) is 4.35. The molecule has 0 nitrogen and oxygen atoms in total. The maximum Gasteiger partial charge on any atom is 0.109 e. The van der Waals surface area contributed by atoms with Gasteiger partial charge in [0.2, 0.25) is 0 Å². The molecule has 1 fully saturated rings. The fourth-order valence-corrected chi connectivity index (χ4v) is 2.44. The van der Waals surface area contributed by atoms with Gasteiger partial charge in [-0.2, -0.15) is 0 Å². The first-order chi connectivity index (χ1) is 6.16. The van der Waals surface area contributed by atoms with Crippen LogP contribution in [0.3, 0.4) is 0 Å². The van der Waals surface area contributed by atoms with Crippen molar-refractivity contribution in [2.45, 2.75) is 70.5 Å². The van der Waals surface area contributed by atoms with Gasteiger partial charge in [-0.3, -0.25) is 0 Å². The van der Waals surface area contributed by atoms with Gasteiger partial charge in [0.05, 0.1) is 0 Å². The maximum absolute atomic E-state index is 2.49. The van der Waals surface area contributed by atoms with Crippen LogP contribution in [0.2, 0.25) is 5.31 Å². The topological polar surface area (TPSA) is 0 Å². The van der Waals surface area contributed by atoms with Gasteiger partial charge < -0.3 is 0 Å². The van der Waals surface area contributed by atoms with E-state index in [1.165, 1.54) is 51.4 Å². The third kappa shape index (κ3) is 3.75. The van der Waals surface area contributed by atoms with Gasteiger partial charge in [0.15, 0.2) is 0 Å². The molecule has 0 aromatic heterocycles. The van der Waals surface area contributed by atoms with E-state index in [-0.39, 0.29) is 0 Å². The van der Waals surface area contributed by atoms with Gasteiger partial charge in [-0.15, -0.1) is 0 Å². The minimum atomic E-state index is 0.665. The summed E-state index contributed by atoms with van der Waals surface area (Å²) < 4.78 is 0. The highest BCUT2D eigenvalue weighted by Gasteiger charge is 2.23. The molecule has 0 spiro atoms. The largest absolute Gasteiger partial charge is 0.109 e. The normalized spacial score (nSPS) is 37.5. The first kappa shape index (κ1) is 11.1. The van der Waals surface area contributed by atoms with Gasteiger partial charge in [-0.25, -0.2) is 0 Å². The minimum Gasteiger partial charge on any atom is -0.0655 e. The van der Waals surface area contributed by atoms with Crippen LogP contribution < -0.4 is 0 Å². The highest BCUT2D eigenvalue weighted by atomic mass is 14.2. The Bertz CT molecular complexity index is 144. The summed E-state index contributed by atoms with van der Waals surface area (Å²) in [4.78, 5) is 0. The van der Waals surface area contributed by atoms with Gasteiger partial charge >= 0.3 is 0 Å². The van der Waals surface area contributed by atoms with Crippen LogP contribution in [0.5, 0.6) is 0 Å². The molecule has 0 N–H and O–H groups in total. The molecule has 0 aliphatic heterocycles. The zero-order chi connectivity index (χ0) is 9.73. The molecule has 1 saturated carbocycles. The lowest BCUT2D eigenvalue weighted by Crippen LogP contribution is -2.12. The number of rotatable bonds is 1. The summed E-state index contributed by atoms with van der Waals surface area (Å²) >= 11 is 0. The molecule has 1 heteroatoms. The van der Waals surface area contributed by atoms with Crippen molar-refractivity contribution >= 4 is 7.85 Å². The Morgan fingerprint density at radius 2 is 1.92 bits per heavy atom. The highest BCUT2D eigenvalue weighted by molar-refractivity contribution is 6.15. The van der Waals surface area contributed by atoms with Gasteiger partial charge in [0, 0.05) is 0 Å². The van der Waals surface area contributed by atoms with Gasteiger partial charge in [0.1, 0.15) is 7.85 Å². The molecule has 1 rings (SSSR count). The van der Waals surface area contributed by atoms with E-state index in [0.717, 1.165) is 5.92 Å². The summed E-state index contributed by atoms with van der Waals surface area (Å²) in [6, 6.07) is 0. The van der Waals surface area contributed by atoms with Crippen LogP contribution in [0.1, 0.15) is 65.2 Å². The van der Waals surface area contributed by atoms with Crippen LogP contribution in [0.15, 0.2) is 0 Å². The fourth-order valence-electron chi connectivity index (χ4n) is 2.44. The second-order valence-electron chi connectivity index (χ2n) is 5.41. The van der Waals surface area contributed by atoms with Crippen LogP contribution in [-0.2, 0) is 0 Å².